The van der Waals surface area contributed by atoms with E-state index in [2.05, 4.69) is 41.8 Å². The molecule has 0 bridgehead atoms. The highest BCUT2D eigenvalue weighted by atomic mass is 32.1. The summed E-state index contributed by atoms with van der Waals surface area (Å²) in [5, 5.41) is 2.08. The highest BCUT2D eigenvalue weighted by Gasteiger charge is 2.32. The molecule has 0 fully saturated rings. The van der Waals surface area contributed by atoms with Crippen molar-refractivity contribution in [3.8, 4) is 5.75 Å². The first-order valence-electron chi connectivity index (χ1n) is 10.5. The largest absolute Gasteiger partial charge is 0.497 e. The molecule has 0 spiro atoms. The third kappa shape index (κ3) is 3.10. The summed E-state index contributed by atoms with van der Waals surface area (Å²) in [5.41, 5.74) is 5.76. The number of thiophene rings is 1. The Morgan fingerprint density at radius 1 is 1.09 bits per heavy atom. The Morgan fingerprint density at radius 2 is 2.00 bits per heavy atom. The molecule has 1 aliphatic heterocycles. The number of benzene rings is 2. The summed E-state index contributed by atoms with van der Waals surface area (Å²) >= 11 is 3.16. The fourth-order valence-corrected chi connectivity index (χ4v) is 6.45. The second kappa shape index (κ2) is 7.73. The molecule has 2 aromatic carbocycles. The molecule has 2 aromatic heterocycles. The fourth-order valence-electron chi connectivity index (χ4n) is 4.60. The van der Waals surface area contributed by atoms with Crippen molar-refractivity contribution in [2.24, 2.45) is 4.99 Å². The third-order valence-corrected chi connectivity index (χ3v) is 7.98. The Labute approximate surface area is 193 Å². The number of aryl methyl sites for hydroxylation is 1. The molecule has 1 atom stereocenters. The van der Waals surface area contributed by atoms with Crippen LogP contribution in [0, 0.1) is 0 Å². The fraction of sp³-hybridized carbons (Fsp3) is 0.154. The lowest BCUT2D eigenvalue weighted by molar-refractivity contribution is 0.414. The number of thiazole rings is 1. The average Bonchev–Trinajstić information content (AvgIpc) is 3.46. The number of aromatic nitrogens is 1. The monoisotopic (exact) mass is 456 g/mol. The molecule has 2 aliphatic rings. The number of rotatable bonds is 3. The lowest BCUT2D eigenvalue weighted by Gasteiger charge is -2.30. The maximum absolute atomic E-state index is 13.6. The normalized spacial score (nSPS) is 17.4. The quantitative estimate of drug-likeness (QED) is 0.459. The van der Waals surface area contributed by atoms with Crippen molar-refractivity contribution in [1.82, 2.24) is 4.57 Å². The highest BCUT2D eigenvalue weighted by Crippen LogP contribution is 2.42. The lowest BCUT2D eigenvalue weighted by Crippen LogP contribution is -2.38. The average molecular weight is 457 g/mol. The van der Waals surface area contributed by atoms with Gasteiger partial charge in [0.15, 0.2) is 4.80 Å². The second-order valence-corrected chi connectivity index (χ2v) is 9.89. The van der Waals surface area contributed by atoms with Gasteiger partial charge in [-0.1, -0.05) is 53.8 Å². The zero-order chi connectivity index (χ0) is 21.7. The van der Waals surface area contributed by atoms with E-state index in [0.29, 0.717) is 4.53 Å². The van der Waals surface area contributed by atoms with Gasteiger partial charge >= 0.3 is 0 Å². The maximum atomic E-state index is 13.6. The van der Waals surface area contributed by atoms with E-state index in [1.165, 1.54) is 32.9 Å². The molecule has 0 unspecified atom stereocenters. The molecule has 0 saturated heterocycles. The van der Waals surface area contributed by atoms with Crippen LogP contribution in [-0.2, 0) is 6.42 Å². The van der Waals surface area contributed by atoms with Gasteiger partial charge in [-0.2, -0.15) is 0 Å². The summed E-state index contributed by atoms with van der Waals surface area (Å²) in [5.74, 6) is 0.773. The van der Waals surface area contributed by atoms with Crippen LogP contribution in [0.25, 0.3) is 11.8 Å². The van der Waals surface area contributed by atoms with Crippen LogP contribution in [0.3, 0.4) is 0 Å². The van der Waals surface area contributed by atoms with Crippen LogP contribution in [0.15, 0.2) is 81.4 Å². The van der Waals surface area contributed by atoms with Crippen molar-refractivity contribution >= 4 is 34.4 Å². The van der Waals surface area contributed by atoms with E-state index < -0.39 is 0 Å². The van der Waals surface area contributed by atoms with Crippen molar-refractivity contribution in [3.63, 3.8) is 0 Å². The lowest BCUT2D eigenvalue weighted by atomic mass is 9.85. The predicted molar refractivity (Wildman–Crippen MR) is 130 cm³/mol. The van der Waals surface area contributed by atoms with Gasteiger partial charge in [-0.3, -0.25) is 9.36 Å². The van der Waals surface area contributed by atoms with E-state index in [9.17, 15) is 4.79 Å². The summed E-state index contributed by atoms with van der Waals surface area (Å²) in [6.45, 7) is 0. The van der Waals surface area contributed by atoms with E-state index in [1.54, 1.807) is 18.4 Å². The number of hydrogen-bond acceptors (Lipinski definition) is 5. The van der Waals surface area contributed by atoms with Gasteiger partial charge in [0.05, 0.1) is 23.4 Å². The zero-order valence-electron chi connectivity index (χ0n) is 17.4. The summed E-state index contributed by atoms with van der Waals surface area (Å²) in [4.78, 5) is 20.6. The number of fused-ring (bicyclic) bond motifs is 3. The minimum atomic E-state index is -0.0953. The number of nitrogens with zero attached hydrogens (tertiary/aromatic N) is 2. The Bertz CT molecular complexity index is 1540. The third-order valence-electron chi connectivity index (χ3n) is 6.08. The first-order valence-corrected chi connectivity index (χ1v) is 12.2. The first-order chi connectivity index (χ1) is 15.7. The molecular formula is C26H20N2O2S2. The Morgan fingerprint density at radius 3 is 2.84 bits per heavy atom. The molecule has 4 nitrogen and oxygen atoms in total. The van der Waals surface area contributed by atoms with Gasteiger partial charge in [0.1, 0.15) is 5.75 Å². The van der Waals surface area contributed by atoms with Crippen molar-refractivity contribution in [3.05, 3.63) is 113 Å². The van der Waals surface area contributed by atoms with Gasteiger partial charge in [-0.15, -0.1) is 11.3 Å². The minimum absolute atomic E-state index is 0.0142. The molecule has 6 rings (SSSR count). The number of hydrogen-bond donors (Lipinski definition) is 0. The molecule has 1 aliphatic carbocycles. The Hall–Kier alpha value is -3.22. The highest BCUT2D eigenvalue weighted by molar-refractivity contribution is 7.10. The van der Waals surface area contributed by atoms with E-state index >= 15 is 0 Å². The van der Waals surface area contributed by atoms with Gasteiger partial charge in [0.25, 0.3) is 5.56 Å². The zero-order valence-corrected chi connectivity index (χ0v) is 19.1. The van der Waals surface area contributed by atoms with Crippen molar-refractivity contribution < 1.29 is 4.74 Å². The molecule has 6 heteroatoms. The van der Waals surface area contributed by atoms with Gasteiger partial charge in [-0.25, -0.2) is 4.99 Å². The van der Waals surface area contributed by atoms with E-state index in [0.717, 1.165) is 34.7 Å². The number of methoxy groups -OCH3 is 1. The molecule has 4 aromatic rings. The van der Waals surface area contributed by atoms with Crippen LogP contribution in [0.4, 0.5) is 0 Å². The first kappa shape index (κ1) is 19.5. The van der Waals surface area contributed by atoms with Crippen LogP contribution in [0.1, 0.15) is 34.0 Å². The van der Waals surface area contributed by atoms with Crippen LogP contribution in [0.2, 0.25) is 0 Å². The minimum Gasteiger partial charge on any atom is -0.497 e. The molecule has 3 heterocycles. The summed E-state index contributed by atoms with van der Waals surface area (Å²) in [6.07, 6.45) is 3.83. The molecule has 158 valence electrons. The van der Waals surface area contributed by atoms with Crippen molar-refractivity contribution in [2.45, 2.75) is 18.9 Å². The van der Waals surface area contributed by atoms with Crippen molar-refractivity contribution in [1.29, 1.82) is 0 Å². The number of ether oxygens (including phenoxy) is 1. The van der Waals surface area contributed by atoms with Crippen molar-refractivity contribution in [2.75, 3.05) is 7.11 Å². The smallest absolute Gasteiger partial charge is 0.271 e. The summed E-state index contributed by atoms with van der Waals surface area (Å²) < 4.78 is 7.93. The van der Waals surface area contributed by atoms with E-state index in [-0.39, 0.29) is 11.6 Å². The summed E-state index contributed by atoms with van der Waals surface area (Å²) in [6, 6.07) is 20.4. The van der Waals surface area contributed by atoms with Crippen LogP contribution in [-0.4, -0.2) is 11.7 Å². The molecule has 0 N–H and O–H groups in total. The SMILES string of the molecule is COc1cccc(/C=c2\sc3n(c2=O)[C@H](c2cccs2)C2=C(N=3)c3ccccc3CC2)c1. The molecule has 0 amide bonds. The Kier molecular flexibility index (Phi) is 4.70. The van der Waals surface area contributed by atoms with Gasteiger partial charge in [-0.05, 0) is 59.2 Å². The van der Waals surface area contributed by atoms with Crippen LogP contribution >= 0.6 is 22.7 Å². The second-order valence-electron chi connectivity index (χ2n) is 7.91. The van der Waals surface area contributed by atoms with Gasteiger partial charge in [0.2, 0.25) is 0 Å². The van der Waals surface area contributed by atoms with Gasteiger partial charge < -0.3 is 4.74 Å². The van der Waals surface area contributed by atoms with Crippen LogP contribution < -0.4 is 19.6 Å². The Balaban J connectivity index is 1.61. The molecular weight excluding hydrogens is 436 g/mol. The molecule has 0 radical (unpaired) electrons. The van der Waals surface area contributed by atoms with Gasteiger partial charge in [0, 0.05) is 10.4 Å². The topological polar surface area (TPSA) is 43.6 Å². The van der Waals surface area contributed by atoms with E-state index in [1.807, 2.05) is 34.9 Å². The maximum Gasteiger partial charge on any atom is 0.271 e. The van der Waals surface area contributed by atoms with Crippen LogP contribution in [0.5, 0.6) is 5.75 Å². The summed E-state index contributed by atoms with van der Waals surface area (Å²) in [7, 11) is 1.65. The predicted octanol–water partition coefficient (Wildman–Crippen LogP) is 4.39. The molecule has 32 heavy (non-hydrogen) atoms. The standard InChI is InChI=1S/C26H20N2O2S2/c1-30-18-8-4-6-16(14-18)15-22-25(29)28-24(21-10-5-13-31-21)20-12-11-17-7-2-3-9-19(17)23(20)27-26(28)32-22/h2-10,13-15,24H,11-12H2,1H3/b22-15-/t24-/m0/s1. The molecule has 0 saturated carbocycles. The number of allylic oxidation sites excluding steroid dienone is 1. The van der Waals surface area contributed by atoms with E-state index in [4.69, 9.17) is 9.73 Å².